The smallest absolute Gasteiger partial charge is 0.275 e. The Morgan fingerprint density at radius 2 is 2.35 bits per heavy atom. The van der Waals surface area contributed by atoms with Crippen LogP contribution in [0.3, 0.4) is 0 Å². The second kappa shape index (κ2) is 5.42. The third kappa shape index (κ3) is 3.02. The molecule has 0 aliphatic rings. The Morgan fingerprint density at radius 3 is 3.06 bits per heavy atom. The molecule has 88 valence electrons. The molecule has 5 nitrogen and oxygen atoms in total. The van der Waals surface area contributed by atoms with Crippen LogP contribution in [-0.2, 0) is 6.61 Å². The van der Waals surface area contributed by atoms with Crippen molar-refractivity contribution in [2.75, 3.05) is 0 Å². The number of nitrogens with one attached hydrogen (secondary N) is 1. The van der Waals surface area contributed by atoms with E-state index >= 15 is 0 Å². The summed E-state index contributed by atoms with van der Waals surface area (Å²) in [5, 5.41) is 0. The number of carbonyl (C=O) groups is 1. The molecule has 0 spiro atoms. The summed E-state index contributed by atoms with van der Waals surface area (Å²) >= 11 is 1.35. The Morgan fingerprint density at radius 1 is 1.47 bits per heavy atom. The Labute approximate surface area is 102 Å². The molecule has 17 heavy (non-hydrogen) atoms. The summed E-state index contributed by atoms with van der Waals surface area (Å²) < 4.78 is 5.50. The molecular weight excluding hydrogens is 238 g/mol. The van der Waals surface area contributed by atoms with Gasteiger partial charge in [0, 0.05) is 11.1 Å². The normalized spacial score (nSPS) is 9.94. The van der Waals surface area contributed by atoms with Gasteiger partial charge in [0.05, 0.1) is 11.1 Å². The molecule has 0 bridgehead atoms. The maximum Gasteiger partial charge on any atom is 0.275 e. The maximum atomic E-state index is 11.2. The van der Waals surface area contributed by atoms with Gasteiger partial charge in [-0.3, -0.25) is 15.2 Å². The number of rotatable bonds is 4. The van der Waals surface area contributed by atoms with Crippen molar-refractivity contribution >= 4 is 17.2 Å². The van der Waals surface area contributed by atoms with Gasteiger partial charge in [-0.05, 0) is 24.3 Å². The molecule has 2 heterocycles. The van der Waals surface area contributed by atoms with Crippen molar-refractivity contribution in [1.82, 2.24) is 10.4 Å². The number of nitrogens with two attached hydrogens (primary N) is 1. The van der Waals surface area contributed by atoms with Gasteiger partial charge in [0.2, 0.25) is 0 Å². The van der Waals surface area contributed by atoms with E-state index in [1.165, 1.54) is 11.3 Å². The lowest BCUT2D eigenvalue weighted by Gasteiger charge is -2.02. The van der Waals surface area contributed by atoms with Crippen LogP contribution in [0.15, 0.2) is 36.7 Å². The van der Waals surface area contributed by atoms with Crippen LogP contribution >= 0.6 is 11.3 Å². The highest BCUT2D eigenvalue weighted by molar-refractivity contribution is 7.14. The molecule has 2 aromatic rings. The van der Waals surface area contributed by atoms with Gasteiger partial charge in [0.15, 0.2) is 0 Å². The lowest BCUT2D eigenvalue weighted by Crippen LogP contribution is -2.29. The standard InChI is InChI=1S/C11H11N3O2S/c12-14-11(15)10-4-3-9(17-10)7-16-8-2-1-5-13-6-8/h1-6H,7,12H2,(H,14,15). The fourth-order valence-corrected chi connectivity index (χ4v) is 2.06. The minimum absolute atomic E-state index is 0.289. The Hall–Kier alpha value is -1.92. The summed E-state index contributed by atoms with van der Waals surface area (Å²) in [6, 6.07) is 7.19. The number of ether oxygens (including phenoxy) is 1. The fraction of sp³-hybridized carbons (Fsp3) is 0.0909. The van der Waals surface area contributed by atoms with Crippen LogP contribution in [0, 0.1) is 0 Å². The summed E-state index contributed by atoms with van der Waals surface area (Å²) in [4.78, 5) is 16.7. The molecule has 1 amide bonds. The molecule has 0 fully saturated rings. The number of amides is 1. The number of thiophene rings is 1. The molecule has 0 atom stereocenters. The SMILES string of the molecule is NNC(=O)c1ccc(COc2cccnc2)s1. The van der Waals surface area contributed by atoms with Gasteiger partial charge in [0.25, 0.3) is 5.91 Å². The van der Waals surface area contributed by atoms with Crippen LogP contribution in [0.25, 0.3) is 0 Å². The third-order valence-electron chi connectivity index (χ3n) is 2.03. The number of nitrogens with zero attached hydrogens (tertiary/aromatic N) is 1. The van der Waals surface area contributed by atoms with Crippen molar-refractivity contribution in [2.24, 2.45) is 5.84 Å². The average Bonchev–Trinajstić information content (AvgIpc) is 2.85. The molecule has 0 saturated heterocycles. The van der Waals surface area contributed by atoms with Crippen molar-refractivity contribution in [1.29, 1.82) is 0 Å². The minimum atomic E-state index is -0.289. The first kappa shape index (κ1) is 11.6. The first-order valence-corrected chi connectivity index (χ1v) is 5.73. The van der Waals surface area contributed by atoms with E-state index in [9.17, 15) is 4.79 Å². The van der Waals surface area contributed by atoms with E-state index in [0.29, 0.717) is 17.2 Å². The highest BCUT2D eigenvalue weighted by Gasteiger charge is 2.07. The summed E-state index contributed by atoms with van der Waals surface area (Å²) in [7, 11) is 0. The Balaban J connectivity index is 1.96. The van der Waals surface area contributed by atoms with E-state index < -0.39 is 0 Å². The molecule has 0 saturated carbocycles. The van der Waals surface area contributed by atoms with Gasteiger partial charge in [0.1, 0.15) is 12.4 Å². The van der Waals surface area contributed by atoms with Gasteiger partial charge < -0.3 is 4.74 Å². The molecular formula is C11H11N3O2S. The topological polar surface area (TPSA) is 77.2 Å². The van der Waals surface area contributed by atoms with Crippen molar-refractivity contribution in [2.45, 2.75) is 6.61 Å². The molecule has 3 N–H and O–H groups in total. The van der Waals surface area contributed by atoms with Gasteiger partial charge in [-0.2, -0.15) is 0 Å². The van der Waals surface area contributed by atoms with Crippen molar-refractivity contribution < 1.29 is 9.53 Å². The molecule has 2 rings (SSSR count). The van der Waals surface area contributed by atoms with Gasteiger partial charge in [-0.15, -0.1) is 11.3 Å². The number of hydrogen-bond acceptors (Lipinski definition) is 5. The van der Waals surface area contributed by atoms with Crippen LogP contribution in [-0.4, -0.2) is 10.9 Å². The Kier molecular flexibility index (Phi) is 3.69. The summed E-state index contributed by atoms with van der Waals surface area (Å²) in [6.45, 7) is 0.411. The zero-order valence-corrected chi connectivity index (χ0v) is 9.74. The van der Waals surface area contributed by atoms with E-state index in [-0.39, 0.29) is 5.91 Å². The quantitative estimate of drug-likeness (QED) is 0.487. The number of hydrogen-bond donors (Lipinski definition) is 2. The monoisotopic (exact) mass is 249 g/mol. The fourth-order valence-electron chi connectivity index (χ4n) is 1.24. The van der Waals surface area contributed by atoms with E-state index in [0.717, 1.165) is 4.88 Å². The maximum absolute atomic E-state index is 11.2. The van der Waals surface area contributed by atoms with Gasteiger partial charge in [-0.1, -0.05) is 0 Å². The highest BCUT2D eigenvalue weighted by atomic mass is 32.1. The van der Waals surface area contributed by atoms with E-state index in [2.05, 4.69) is 10.4 Å². The lowest BCUT2D eigenvalue weighted by atomic mass is 10.4. The lowest BCUT2D eigenvalue weighted by molar-refractivity contribution is 0.0957. The number of carbonyl (C=O) groups excluding carboxylic acids is 1. The predicted octanol–water partition coefficient (Wildman–Crippen LogP) is 1.33. The predicted molar refractivity (Wildman–Crippen MR) is 64.5 cm³/mol. The summed E-state index contributed by atoms with van der Waals surface area (Å²) in [6.07, 6.45) is 3.32. The van der Waals surface area contributed by atoms with E-state index in [1.54, 1.807) is 24.5 Å². The zero-order valence-electron chi connectivity index (χ0n) is 8.92. The van der Waals surface area contributed by atoms with Crippen LogP contribution in [0.5, 0.6) is 5.75 Å². The van der Waals surface area contributed by atoms with Crippen molar-refractivity contribution in [3.63, 3.8) is 0 Å². The molecule has 0 aliphatic carbocycles. The van der Waals surface area contributed by atoms with E-state index in [1.807, 2.05) is 12.1 Å². The average molecular weight is 249 g/mol. The number of aromatic nitrogens is 1. The van der Waals surface area contributed by atoms with Crippen LogP contribution in [0.1, 0.15) is 14.5 Å². The van der Waals surface area contributed by atoms with Crippen LogP contribution in [0.2, 0.25) is 0 Å². The number of pyridine rings is 1. The highest BCUT2D eigenvalue weighted by Crippen LogP contribution is 2.18. The third-order valence-corrected chi connectivity index (χ3v) is 3.09. The zero-order chi connectivity index (χ0) is 12.1. The van der Waals surface area contributed by atoms with Crippen molar-refractivity contribution in [3.8, 4) is 5.75 Å². The van der Waals surface area contributed by atoms with Crippen LogP contribution < -0.4 is 16.0 Å². The van der Waals surface area contributed by atoms with Gasteiger partial charge >= 0.3 is 0 Å². The van der Waals surface area contributed by atoms with Crippen molar-refractivity contribution in [3.05, 3.63) is 46.4 Å². The molecule has 0 aromatic carbocycles. The second-order valence-electron chi connectivity index (χ2n) is 3.22. The first-order valence-electron chi connectivity index (χ1n) is 4.92. The summed E-state index contributed by atoms with van der Waals surface area (Å²) in [5.74, 6) is 5.46. The molecule has 6 heteroatoms. The molecule has 0 aliphatic heterocycles. The molecule has 0 radical (unpaired) electrons. The first-order chi connectivity index (χ1) is 8.29. The summed E-state index contributed by atoms with van der Waals surface area (Å²) in [5.41, 5.74) is 2.09. The van der Waals surface area contributed by atoms with E-state index in [4.69, 9.17) is 10.6 Å². The molecule has 0 unspecified atom stereocenters. The Bertz CT molecular complexity index is 498. The number of nitrogen functional groups attached to an aromatic ring is 1. The van der Waals surface area contributed by atoms with Gasteiger partial charge in [-0.25, -0.2) is 5.84 Å². The van der Waals surface area contributed by atoms with Crippen LogP contribution in [0.4, 0.5) is 0 Å². The largest absolute Gasteiger partial charge is 0.486 e. The molecule has 2 aromatic heterocycles. The number of hydrazine groups is 1. The minimum Gasteiger partial charge on any atom is -0.486 e. The second-order valence-corrected chi connectivity index (χ2v) is 4.39.